The van der Waals surface area contributed by atoms with Crippen LogP contribution in [0.15, 0.2) is 47.5 Å². The first-order valence-electron chi connectivity index (χ1n) is 12.5. The molecule has 1 aliphatic carbocycles. The van der Waals surface area contributed by atoms with Gasteiger partial charge >= 0.3 is 0 Å². The van der Waals surface area contributed by atoms with Gasteiger partial charge in [-0.15, -0.1) is 11.8 Å². The van der Waals surface area contributed by atoms with Crippen molar-refractivity contribution in [2.75, 3.05) is 24.8 Å². The lowest BCUT2D eigenvalue weighted by molar-refractivity contribution is -0.113. The second kappa shape index (κ2) is 9.70. The maximum atomic E-state index is 11.7. The summed E-state index contributed by atoms with van der Waals surface area (Å²) < 4.78 is 11.7. The summed E-state index contributed by atoms with van der Waals surface area (Å²) in [6, 6.07) is 13.1. The number of amides is 1. The molecule has 1 saturated carbocycles. The number of pyridine rings is 1. The molecule has 0 spiro atoms. The molecule has 3 aromatic rings. The molecule has 2 N–H and O–H groups in total. The molecule has 7 heteroatoms. The smallest absolute Gasteiger partial charge is 0.234 e. The first-order chi connectivity index (χ1) is 17.2. The van der Waals surface area contributed by atoms with Gasteiger partial charge in [-0.25, -0.2) is 0 Å². The summed E-state index contributed by atoms with van der Waals surface area (Å²) in [5, 5.41) is 7.91. The average molecular weight is 490 g/mol. The van der Waals surface area contributed by atoms with Gasteiger partial charge in [0.1, 0.15) is 11.5 Å². The van der Waals surface area contributed by atoms with Crippen molar-refractivity contribution in [3.05, 3.63) is 53.7 Å². The largest absolute Gasteiger partial charge is 0.497 e. The molecule has 0 bridgehead atoms. The predicted molar refractivity (Wildman–Crippen MR) is 139 cm³/mol. The fourth-order valence-electron chi connectivity index (χ4n) is 5.79. The van der Waals surface area contributed by atoms with Crippen molar-refractivity contribution in [3.8, 4) is 11.5 Å². The molecule has 3 heterocycles. The second-order valence-electron chi connectivity index (χ2n) is 9.92. The van der Waals surface area contributed by atoms with E-state index in [2.05, 4.69) is 39.9 Å². The van der Waals surface area contributed by atoms with Gasteiger partial charge in [-0.2, -0.15) is 0 Å². The Labute approximate surface area is 210 Å². The van der Waals surface area contributed by atoms with Crippen LogP contribution in [0.4, 0.5) is 5.69 Å². The molecule has 3 aliphatic rings. The summed E-state index contributed by atoms with van der Waals surface area (Å²) in [5.41, 5.74) is 4.46. The minimum Gasteiger partial charge on any atom is -0.497 e. The van der Waals surface area contributed by atoms with E-state index in [0.717, 1.165) is 52.6 Å². The number of rotatable bonds is 5. The third-order valence-electron chi connectivity index (χ3n) is 7.78. The number of hydrogen-bond acceptors (Lipinski definition) is 6. The van der Waals surface area contributed by atoms with E-state index in [1.165, 1.54) is 36.8 Å². The minimum atomic E-state index is 0.0867. The van der Waals surface area contributed by atoms with Crippen LogP contribution in [0.5, 0.6) is 11.5 Å². The molecule has 1 unspecified atom stereocenters. The summed E-state index contributed by atoms with van der Waals surface area (Å²) in [5.74, 6) is 3.61. The summed E-state index contributed by atoms with van der Waals surface area (Å²) in [7, 11) is 1.71. The van der Waals surface area contributed by atoms with Crippen LogP contribution in [0.1, 0.15) is 36.8 Å². The van der Waals surface area contributed by atoms with Gasteiger partial charge in [-0.3, -0.25) is 9.78 Å². The van der Waals surface area contributed by atoms with E-state index in [0.29, 0.717) is 23.6 Å². The zero-order valence-corrected chi connectivity index (χ0v) is 20.8. The molecule has 1 amide bonds. The Morgan fingerprint density at radius 2 is 2.03 bits per heavy atom. The fourth-order valence-corrected chi connectivity index (χ4v) is 6.58. The van der Waals surface area contributed by atoms with E-state index >= 15 is 0 Å². The van der Waals surface area contributed by atoms with Gasteiger partial charge in [-0.1, -0.05) is 6.07 Å². The number of hydrogen-bond donors (Lipinski definition) is 2. The quantitative estimate of drug-likeness (QED) is 0.514. The summed E-state index contributed by atoms with van der Waals surface area (Å²) >= 11 is 1.61. The lowest BCUT2D eigenvalue weighted by Gasteiger charge is -2.37. The lowest BCUT2D eigenvalue weighted by atomic mass is 9.75. The number of nitrogens with one attached hydrogen (secondary N) is 2. The van der Waals surface area contributed by atoms with Crippen LogP contribution in [0.3, 0.4) is 0 Å². The number of nitrogens with zero attached hydrogens (tertiary/aromatic N) is 1. The van der Waals surface area contributed by atoms with E-state index in [9.17, 15) is 4.79 Å². The van der Waals surface area contributed by atoms with Gasteiger partial charge in [0, 0.05) is 34.3 Å². The van der Waals surface area contributed by atoms with Crippen LogP contribution in [-0.2, 0) is 17.8 Å². The highest BCUT2D eigenvalue weighted by Gasteiger charge is 2.32. The molecule has 2 aliphatic heterocycles. The van der Waals surface area contributed by atoms with Crippen LogP contribution >= 0.6 is 11.8 Å². The van der Waals surface area contributed by atoms with E-state index in [1.807, 2.05) is 18.3 Å². The molecule has 1 fully saturated rings. The monoisotopic (exact) mass is 489 g/mol. The highest BCUT2D eigenvalue weighted by molar-refractivity contribution is 8.00. The van der Waals surface area contributed by atoms with E-state index in [-0.39, 0.29) is 5.91 Å². The Balaban J connectivity index is 1.06. The van der Waals surface area contributed by atoms with E-state index in [4.69, 9.17) is 9.47 Å². The molecule has 2 aromatic carbocycles. The Bertz CT molecular complexity index is 1250. The highest BCUT2D eigenvalue weighted by Crippen LogP contribution is 2.40. The van der Waals surface area contributed by atoms with E-state index in [1.54, 1.807) is 18.9 Å². The maximum Gasteiger partial charge on any atom is 0.234 e. The molecule has 6 nitrogen and oxygen atoms in total. The van der Waals surface area contributed by atoms with Crippen molar-refractivity contribution in [3.63, 3.8) is 0 Å². The fraction of sp³-hybridized carbons (Fsp3) is 0.429. The second-order valence-corrected chi connectivity index (χ2v) is 10.9. The maximum absolute atomic E-state index is 11.7. The van der Waals surface area contributed by atoms with Crippen molar-refractivity contribution in [2.45, 2.75) is 49.6 Å². The number of aromatic nitrogens is 1. The first-order valence-corrected chi connectivity index (χ1v) is 13.5. The van der Waals surface area contributed by atoms with Crippen LogP contribution in [0.2, 0.25) is 0 Å². The van der Waals surface area contributed by atoms with E-state index < -0.39 is 0 Å². The number of fused-ring (bicyclic) bond motifs is 4. The molecule has 1 aromatic heterocycles. The Morgan fingerprint density at radius 3 is 2.89 bits per heavy atom. The number of carbonyl (C=O) groups is 1. The Kier molecular flexibility index (Phi) is 6.29. The SMILES string of the molecule is COc1ccc2ncc3c(c2c1)CC(C1CCC(NCc2ccc4c(c2)NC(=O)CS4)CC1)CO3. The van der Waals surface area contributed by atoms with Crippen LogP contribution in [0, 0.1) is 11.8 Å². The van der Waals surface area contributed by atoms with Gasteiger partial charge in [0.05, 0.1) is 36.9 Å². The van der Waals surface area contributed by atoms with Crippen molar-refractivity contribution < 1.29 is 14.3 Å². The van der Waals surface area contributed by atoms with Crippen LogP contribution in [0.25, 0.3) is 10.9 Å². The van der Waals surface area contributed by atoms with Gasteiger partial charge in [0.15, 0.2) is 0 Å². The molecular weight excluding hydrogens is 458 g/mol. The topological polar surface area (TPSA) is 72.5 Å². The predicted octanol–water partition coefficient (Wildman–Crippen LogP) is 5.19. The minimum absolute atomic E-state index is 0.0867. The number of carbonyl (C=O) groups excluding carboxylic acids is 1. The molecule has 182 valence electrons. The Morgan fingerprint density at radius 1 is 1.14 bits per heavy atom. The number of benzene rings is 2. The van der Waals surface area contributed by atoms with Gasteiger partial charge < -0.3 is 20.1 Å². The number of methoxy groups -OCH3 is 1. The lowest BCUT2D eigenvalue weighted by Crippen LogP contribution is -2.37. The summed E-state index contributed by atoms with van der Waals surface area (Å²) in [6.45, 7) is 1.62. The van der Waals surface area contributed by atoms with Gasteiger partial charge in [0.25, 0.3) is 0 Å². The molecule has 1 atom stereocenters. The first kappa shape index (κ1) is 22.7. The zero-order valence-electron chi connectivity index (χ0n) is 20.0. The normalized spacial score (nSPS) is 23.7. The number of anilines is 1. The van der Waals surface area contributed by atoms with Crippen molar-refractivity contribution in [1.29, 1.82) is 0 Å². The van der Waals surface area contributed by atoms with Gasteiger partial charge in [-0.05, 0) is 73.9 Å². The van der Waals surface area contributed by atoms with Crippen molar-refractivity contribution >= 4 is 34.3 Å². The molecule has 0 radical (unpaired) electrons. The third kappa shape index (κ3) is 4.71. The van der Waals surface area contributed by atoms with Crippen molar-refractivity contribution in [2.24, 2.45) is 11.8 Å². The Hall–Kier alpha value is -2.77. The highest BCUT2D eigenvalue weighted by atomic mass is 32.2. The standard InChI is InChI=1S/C28H31N3O3S/c1-33-21-7-8-24-22(12-21)23-11-19(15-34-26(23)14-30-24)18-3-5-20(6-4-18)29-13-17-2-9-27-25(10-17)31-28(32)16-35-27/h2,7-10,12,14,18-20,29H,3-6,11,13,15-16H2,1H3,(H,31,32). The summed E-state index contributed by atoms with van der Waals surface area (Å²) in [4.78, 5) is 17.4. The zero-order chi connectivity index (χ0) is 23.8. The molecule has 0 saturated heterocycles. The van der Waals surface area contributed by atoms with Gasteiger partial charge in [0.2, 0.25) is 5.91 Å². The molecule has 6 rings (SSSR count). The molecular formula is C28H31N3O3S. The molecule has 35 heavy (non-hydrogen) atoms. The van der Waals surface area contributed by atoms with Crippen LogP contribution < -0.4 is 20.1 Å². The number of thioether (sulfide) groups is 1. The van der Waals surface area contributed by atoms with Crippen LogP contribution in [-0.4, -0.2) is 36.4 Å². The van der Waals surface area contributed by atoms with Crippen molar-refractivity contribution in [1.82, 2.24) is 10.3 Å². The number of ether oxygens (including phenoxy) is 2. The average Bonchev–Trinajstić information content (AvgIpc) is 2.91. The third-order valence-corrected chi connectivity index (χ3v) is 8.85. The summed E-state index contributed by atoms with van der Waals surface area (Å²) in [6.07, 6.45) is 7.76.